The molecule has 1 aromatic heterocycles. The van der Waals surface area contributed by atoms with Crippen LogP contribution in [0, 0.1) is 5.41 Å². The van der Waals surface area contributed by atoms with Crippen molar-refractivity contribution in [1.29, 1.82) is 0 Å². The standard InChI is InChI=1S/C30H41N/c1-7-11-16-23(8-2)29-27(24-17-13-12-14-18-24)26-20-15-19-25(28(26)31(29)10-4)21-22-30(5,6)9-3/h7-8,11,15-16,19-22,24H,1,9-10,12-14,17-18H2,2-6H3/b16-11-,22-21-,23-8+. The minimum absolute atomic E-state index is 0.210. The maximum Gasteiger partial charge on any atom is 0.0561 e. The summed E-state index contributed by atoms with van der Waals surface area (Å²) in [4.78, 5) is 0. The molecule has 1 aliphatic rings. The minimum atomic E-state index is 0.210. The van der Waals surface area contributed by atoms with Crippen molar-refractivity contribution in [2.24, 2.45) is 5.41 Å². The topological polar surface area (TPSA) is 4.93 Å². The van der Waals surface area contributed by atoms with E-state index in [9.17, 15) is 0 Å². The van der Waals surface area contributed by atoms with Crippen molar-refractivity contribution in [1.82, 2.24) is 4.57 Å². The van der Waals surface area contributed by atoms with Gasteiger partial charge in [0.05, 0.1) is 11.2 Å². The van der Waals surface area contributed by atoms with E-state index >= 15 is 0 Å². The number of nitrogens with zero attached hydrogens (tertiary/aromatic N) is 1. The number of allylic oxidation sites excluding steroid dienone is 6. The molecule has 2 aromatic rings. The summed E-state index contributed by atoms with van der Waals surface area (Å²) in [5.74, 6) is 0.650. The molecule has 1 nitrogen and oxygen atoms in total. The molecule has 0 radical (unpaired) electrons. The zero-order chi connectivity index (χ0) is 22.4. The quantitative estimate of drug-likeness (QED) is 0.378. The number of hydrogen-bond acceptors (Lipinski definition) is 0. The zero-order valence-corrected chi connectivity index (χ0v) is 20.4. The molecule has 0 aliphatic heterocycles. The van der Waals surface area contributed by atoms with Gasteiger partial charge in [-0.05, 0) is 61.1 Å². The molecule has 0 amide bonds. The number of aromatic nitrogens is 1. The highest BCUT2D eigenvalue weighted by Crippen LogP contribution is 2.43. The lowest BCUT2D eigenvalue weighted by molar-refractivity contribution is 0.444. The average molecular weight is 416 g/mol. The van der Waals surface area contributed by atoms with Crippen LogP contribution in [-0.4, -0.2) is 4.57 Å². The third-order valence-electron chi connectivity index (χ3n) is 7.10. The maximum atomic E-state index is 3.90. The van der Waals surface area contributed by atoms with Crippen LogP contribution in [0.25, 0.3) is 22.6 Å². The maximum absolute atomic E-state index is 3.90. The van der Waals surface area contributed by atoms with Crippen molar-refractivity contribution < 1.29 is 0 Å². The Morgan fingerprint density at radius 1 is 1.16 bits per heavy atom. The second-order valence-corrected chi connectivity index (χ2v) is 9.60. The van der Waals surface area contributed by atoms with Gasteiger partial charge in [0.1, 0.15) is 0 Å². The second kappa shape index (κ2) is 10.4. The lowest BCUT2D eigenvalue weighted by Gasteiger charge is -2.24. The summed E-state index contributed by atoms with van der Waals surface area (Å²) in [6.07, 6.45) is 21.0. The lowest BCUT2D eigenvalue weighted by atomic mass is 9.81. The Bertz CT molecular complexity index is 987. The Balaban J connectivity index is 2.32. The Morgan fingerprint density at radius 2 is 1.90 bits per heavy atom. The first kappa shape index (κ1) is 23.4. The van der Waals surface area contributed by atoms with E-state index in [2.05, 4.69) is 94.3 Å². The van der Waals surface area contributed by atoms with E-state index in [4.69, 9.17) is 0 Å². The molecular formula is C30H41N. The predicted octanol–water partition coefficient (Wildman–Crippen LogP) is 9.30. The van der Waals surface area contributed by atoms with Gasteiger partial charge in [-0.25, -0.2) is 0 Å². The molecule has 31 heavy (non-hydrogen) atoms. The number of rotatable bonds is 8. The van der Waals surface area contributed by atoms with Crippen LogP contribution in [0.1, 0.15) is 95.9 Å². The third kappa shape index (κ3) is 4.97. The molecule has 1 aromatic carbocycles. The molecule has 0 atom stereocenters. The van der Waals surface area contributed by atoms with Crippen LogP contribution in [0.3, 0.4) is 0 Å². The monoisotopic (exact) mass is 415 g/mol. The number of aryl methyl sites for hydroxylation is 1. The summed E-state index contributed by atoms with van der Waals surface area (Å²) in [6.45, 7) is 16.2. The van der Waals surface area contributed by atoms with E-state index in [1.54, 1.807) is 5.56 Å². The van der Waals surface area contributed by atoms with Gasteiger partial charge >= 0.3 is 0 Å². The van der Waals surface area contributed by atoms with Gasteiger partial charge < -0.3 is 4.57 Å². The fourth-order valence-corrected chi connectivity index (χ4v) is 4.95. The van der Waals surface area contributed by atoms with Gasteiger partial charge in [-0.1, -0.05) is 101 Å². The van der Waals surface area contributed by atoms with Crippen LogP contribution in [0.2, 0.25) is 0 Å². The van der Waals surface area contributed by atoms with Gasteiger partial charge in [-0.3, -0.25) is 0 Å². The number of hydrogen-bond donors (Lipinski definition) is 0. The molecule has 0 N–H and O–H groups in total. The fourth-order valence-electron chi connectivity index (χ4n) is 4.95. The van der Waals surface area contributed by atoms with Crippen molar-refractivity contribution in [2.45, 2.75) is 85.6 Å². The van der Waals surface area contributed by atoms with Gasteiger partial charge in [0.25, 0.3) is 0 Å². The Hall–Kier alpha value is -2.28. The molecule has 166 valence electrons. The molecule has 0 saturated heterocycles. The van der Waals surface area contributed by atoms with E-state index in [0.29, 0.717) is 5.92 Å². The Kier molecular flexibility index (Phi) is 7.81. The Morgan fingerprint density at radius 3 is 2.52 bits per heavy atom. The lowest BCUT2D eigenvalue weighted by Crippen LogP contribution is -2.08. The van der Waals surface area contributed by atoms with Crippen LogP contribution in [0.5, 0.6) is 0 Å². The van der Waals surface area contributed by atoms with Crippen molar-refractivity contribution >= 4 is 22.6 Å². The first-order chi connectivity index (χ1) is 15.0. The van der Waals surface area contributed by atoms with Gasteiger partial charge in [0, 0.05) is 11.9 Å². The summed E-state index contributed by atoms with van der Waals surface area (Å²) >= 11 is 0. The minimum Gasteiger partial charge on any atom is -0.340 e. The molecular weight excluding hydrogens is 374 g/mol. The summed E-state index contributed by atoms with van der Waals surface area (Å²) in [5, 5.41) is 1.45. The molecule has 1 aliphatic carbocycles. The summed E-state index contributed by atoms with van der Waals surface area (Å²) < 4.78 is 2.57. The van der Waals surface area contributed by atoms with Crippen LogP contribution in [0.4, 0.5) is 0 Å². The largest absolute Gasteiger partial charge is 0.340 e. The van der Waals surface area contributed by atoms with Crippen molar-refractivity contribution in [3.63, 3.8) is 0 Å². The smallest absolute Gasteiger partial charge is 0.0561 e. The highest BCUT2D eigenvalue weighted by molar-refractivity contribution is 5.97. The number of para-hydroxylation sites is 1. The average Bonchev–Trinajstić information content (AvgIpc) is 3.13. The van der Waals surface area contributed by atoms with Gasteiger partial charge in [0.2, 0.25) is 0 Å². The van der Waals surface area contributed by atoms with Crippen LogP contribution in [-0.2, 0) is 6.54 Å². The summed E-state index contributed by atoms with van der Waals surface area (Å²) in [5.41, 5.74) is 7.25. The molecule has 0 bridgehead atoms. The third-order valence-corrected chi connectivity index (χ3v) is 7.10. The molecule has 1 heteroatoms. The SMILES string of the molecule is C=C/C=C\C(=C/C)c1c(C2CCCCC2)c2cccc(/C=C\C(C)(C)CC)c2n1CC. The van der Waals surface area contributed by atoms with Crippen molar-refractivity contribution in [3.05, 3.63) is 72.0 Å². The van der Waals surface area contributed by atoms with Crippen molar-refractivity contribution in [2.75, 3.05) is 0 Å². The highest BCUT2D eigenvalue weighted by Gasteiger charge is 2.27. The molecule has 3 rings (SSSR count). The van der Waals surface area contributed by atoms with E-state index in [1.165, 1.54) is 59.8 Å². The molecule has 0 spiro atoms. The van der Waals surface area contributed by atoms with Gasteiger partial charge in [-0.15, -0.1) is 0 Å². The first-order valence-electron chi connectivity index (χ1n) is 12.3. The van der Waals surface area contributed by atoms with Crippen molar-refractivity contribution in [3.8, 4) is 0 Å². The zero-order valence-electron chi connectivity index (χ0n) is 20.4. The Labute approximate surface area is 190 Å². The van der Waals surface area contributed by atoms with Crippen LogP contribution >= 0.6 is 0 Å². The highest BCUT2D eigenvalue weighted by atomic mass is 15.0. The molecule has 0 unspecified atom stereocenters. The predicted molar refractivity (Wildman–Crippen MR) is 140 cm³/mol. The molecule has 1 saturated carbocycles. The molecule has 1 heterocycles. The second-order valence-electron chi connectivity index (χ2n) is 9.60. The van der Waals surface area contributed by atoms with E-state index in [1.807, 2.05) is 6.08 Å². The van der Waals surface area contributed by atoms with E-state index in [0.717, 1.165) is 13.0 Å². The van der Waals surface area contributed by atoms with E-state index in [-0.39, 0.29) is 5.41 Å². The number of fused-ring (bicyclic) bond motifs is 1. The summed E-state index contributed by atoms with van der Waals surface area (Å²) in [7, 11) is 0. The van der Waals surface area contributed by atoms with Crippen LogP contribution < -0.4 is 0 Å². The summed E-state index contributed by atoms with van der Waals surface area (Å²) in [6, 6.07) is 6.91. The number of benzene rings is 1. The first-order valence-corrected chi connectivity index (χ1v) is 12.3. The van der Waals surface area contributed by atoms with Gasteiger partial charge in [-0.2, -0.15) is 0 Å². The molecule has 1 fully saturated rings. The van der Waals surface area contributed by atoms with E-state index < -0.39 is 0 Å². The van der Waals surface area contributed by atoms with Crippen LogP contribution in [0.15, 0.2) is 55.2 Å². The van der Waals surface area contributed by atoms with Gasteiger partial charge in [0.15, 0.2) is 0 Å². The fraction of sp³-hybridized carbons (Fsp3) is 0.467. The normalized spacial score (nSPS) is 16.7.